The number of amides is 1. The highest BCUT2D eigenvalue weighted by atomic mass is 32.2. The Balaban J connectivity index is 1.62. The maximum Gasteiger partial charge on any atom is 0.237 e. The summed E-state index contributed by atoms with van der Waals surface area (Å²) in [5, 5.41) is 10.9. The van der Waals surface area contributed by atoms with Gasteiger partial charge in [-0.1, -0.05) is 66.4 Å². The minimum Gasteiger partial charge on any atom is -0.323 e. The molecule has 0 fully saturated rings. The van der Waals surface area contributed by atoms with Gasteiger partial charge in [0.15, 0.2) is 11.0 Å². The molecule has 5 nitrogen and oxygen atoms in total. The second kappa shape index (κ2) is 9.74. The topological polar surface area (TPSA) is 59.8 Å². The van der Waals surface area contributed by atoms with Gasteiger partial charge in [0.05, 0.1) is 23.0 Å². The molecular weight excluding hydrogens is 430 g/mol. The molecule has 0 saturated heterocycles. The molecular formula is C24H20F2N4OS. The Morgan fingerprint density at radius 1 is 0.938 bits per heavy atom. The van der Waals surface area contributed by atoms with Gasteiger partial charge < -0.3 is 5.32 Å². The van der Waals surface area contributed by atoms with Crippen LogP contribution in [-0.2, 0) is 11.3 Å². The zero-order valence-electron chi connectivity index (χ0n) is 17.2. The third kappa shape index (κ3) is 4.86. The lowest BCUT2D eigenvalue weighted by Crippen LogP contribution is -2.23. The average molecular weight is 451 g/mol. The number of hydrogen-bond donors (Lipinski definition) is 1. The number of nitrogens with zero attached hydrogens (tertiary/aromatic N) is 3. The van der Waals surface area contributed by atoms with Gasteiger partial charge in [0.1, 0.15) is 11.6 Å². The van der Waals surface area contributed by atoms with E-state index in [0.717, 1.165) is 5.56 Å². The number of carbonyl (C=O) groups is 1. The second-order valence-electron chi connectivity index (χ2n) is 7.09. The molecule has 3 aromatic carbocycles. The number of aromatic nitrogens is 3. The summed E-state index contributed by atoms with van der Waals surface area (Å²) in [4.78, 5) is 12.7. The van der Waals surface area contributed by atoms with Crippen LogP contribution in [0.4, 0.5) is 14.5 Å². The lowest BCUT2D eigenvalue weighted by atomic mass is 10.2. The summed E-state index contributed by atoms with van der Waals surface area (Å²) in [6, 6.07) is 22.0. The van der Waals surface area contributed by atoms with Gasteiger partial charge in [-0.2, -0.15) is 0 Å². The van der Waals surface area contributed by atoms with E-state index in [2.05, 4.69) is 15.5 Å². The van der Waals surface area contributed by atoms with E-state index in [1.807, 2.05) is 30.3 Å². The first kappa shape index (κ1) is 21.7. The fraction of sp³-hybridized carbons (Fsp3) is 0.125. The van der Waals surface area contributed by atoms with Gasteiger partial charge in [-0.05, 0) is 36.8 Å². The molecule has 1 amide bonds. The summed E-state index contributed by atoms with van der Waals surface area (Å²) < 4.78 is 30.2. The van der Waals surface area contributed by atoms with Crippen molar-refractivity contribution in [3.05, 3.63) is 96.1 Å². The van der Waals surface area contributed by atoms with Crippen molar-refractivity contribution in [2.75, 3.05) is 5.32 Å². The van der Waals surface area contributed by atoms with Crippen molar-refractivity contribution in [2.24, 2.45) is 0 Å². The van der Waals surface area contributed by atoms with Crippen LogP contribution < -0.4 is 5.32 Å². The van der Waals surface area contributed by atoms with Crippen LogP contribution in [0.5, 0.6) is 0 Å². The van der Waals surface area contributed by atoms with Crippen LogP contribution in [0.3, 0.4) is 0 Å². The fourth-order valence-corrected chi connectivity index (χ4v) is 3.98. The Bertz CT molecular complexity index is 1230. The number of nitrogens with one attached hydrogen (secondary N) is 1. The van der Waals surface area contributed by atoms with E-state index >= 15 is 0 Å². The zero-order valence-corrected chi connectivity index (χ0v) is 18.0. The molecule has 0 aliphatic heterocycles. The van der Waals surface area contributed by atoms with Crippen LogP contribution in [0.2, 0.25) is 0 Å². The van der Waals surface area contributed by atoms with E-state index in [1.54, 1.807) is 41.8 Å². The highest BCUT2D eigenvalue weighted by molar-refractivity contribution is 8.00. The Hall–Kier alpha value is -3.52. The molecule has 1 aromatic heterocycles. The van der Waals surface area contributed by atoms with Crippen molar-refractivity contribution in [1.29, 1.82) is 0 Å². The smallest absolute Gasteiger partial charge is 0.237 e. The predicted molar refractivity (Wildman–Crippen MR) is 121 cm³/mol. The third-order valence-corrected chi connectivity index (χ3v) is 5.88. The van der Waals surface area contributed by atoms with E-state index < -0.39 is 16.9 Å². The van der Waals surface area contributed by atoms with Crippen LogP contribution in [0, 0.1) is 11.6 Å². The molecule has 4 rings (SSSR count). The molecule has 0 spiro atoms. The summed E-state index contributed by atoms with van der Waals surface area (Å²) in [5.74, 6) is -0.916. The Kier molecular flexibility index (Phi) is 6.61. The molecule has 0 aliphatic rings. The van der Waals surface area contributed by atoms with Crippen LogP contribution >= 0.6 is 11.8 Å². The summed E-state index contributed by atoms with van der Waals surface area (Å²) in [6.07, 6.45) is 0. The van der Waals surface area contributed by atoms with E-state index in [0.29, 0.717) is 23.1 Å². The van der Waals surface area contributed by atoms with Crippen molar-refractivity contribution in [1.82, 2.24) is 14.8 Å². The molecule has 0 saturated carbocycles. The fourth-order valence-electron chi connectivity index (χ4n) is 3.13. The van der Waals surface area contributed by atoms with E-state index in [9.17, 15) is 13.6 Å². The number of hydrogen-bond acceptors (Lipinski definition) is 4. The SMILES string of the molecule is CC(Sc1nnc(-c2ccccc2F)n1Cc1ccccc1)C(=O)Nc1ccccc1F. The Morgan fingerprint density at radius 3 is 2.31 bits per heavy atom. The number of anilines is 1. The molecule has 0 radical (unpaired) electrons. The van der Waals surface area contributed by atoms with Crippen molar-refractivity contribution >= 4 is 23.4 Å². The molecule has 0 bridgehead atoms. The van der Waals surface area contributed by atoms with E-state index in [-0.39, 0.29) is 11.6 Å². The number of benzene rings is 3. The molecule has 8 heteroatoms. The van der Waals surface area contributed by atoms with Crippen molar-refractivity contribution in [3.8, 4) is 11.4 Å². The van der Waals surface area contributed by atoms with E-state index in [1.165, 1.54) is 30.0 Å². The van der Waals surface area contributed by atoms with Crippen molar-refractivity contribution in [2.45, 2.75) is 23.9 Å². The summed E-state index contributed by atoms with van der Waals surface area (Å²) in [5.41, 5.74) is 1.42. The van der Waals surface area contributed by atoms with Crippen molar-refractivity contribution < 1.29 is 13.6 Å². The monoisotopic (exact) mass is 450 g/mol. The van der Waals surface area contributed by atoms with Gasteiger partial charge in [0.2, 0.25) is 5.91 Å². The Labute approximate surface area is 188 Å². The number of carbonyl (C=O) groups excluding carboxylic acids is 1. The number of halogens is 2. The van der Waals surface area contributed by atoms with Gasteiger partial charge in [-0.15, -0.1) is 10.2 Å². The molecule has 0 aliphatic carbocycles. The maximum absolute atomic E-state index is 14.5. The van der Waals surface area contributed by atoms with Crippen LogP contribution in [0.1, 0.15) is 12.5 Å². The van der Waals surface area contributed by atoms with Gasteiger partial charge in [0.25, 0.3) is 0 Å². The third-order valence-electron chi connectivity index (χ3n) is 4.80. The minimum absolute atomic E-state index is 0.114. The van der Waals surface area contributed by atoms with Crippen LogP contribution in [-0.4, -0.2) is 25.9 Å². The van der Waals surface area contributed by atoms with Crippen LogP contribution in [0.15, 0.2) is 84.0 Å². The lowest BCUT2D eigenvalue weighted by molar-refractivity contribution is -0.115. The predicted octanol–water partition coefficient (Wildman–Crippen LogP) is 5.39. The summed E-state index contributed by atoms with van der Waals surface area (Å²) in [6.45, 7) is 2.10. The summed E-state index contributed by atoms with van der Waals surface area (Å²) >= 11 is 1.18. The normalized spacial score (nSPS) is 11.8. The highest BCUT2D eigenvalue weighted by Crippen LogP contribution is 2.29. The number of thioether (sulfide) groups is 1. The number of para-hydroxylation sites is 1. The molecule has 1 heterocycles. The van der Waals surface area contributed by atoms with Crippen molar-refractivity contribution in [3.63, 3.8) is 0 Å². The quantitative estimate of drug-likeness (QED) is 0.384. The van der Waals surface area contributed by atoms with Gasteiger partial charge >= 0.3 is 0 Å². The molecule has 1 atom stereocenters. The van der Waals surface area contributed by atoms with Gasteiger partial charge in [-0.25, -0.2) is 8.78 Å². The first-order valence-corrected chi connectivity index (χ1v) is 10.8. The maximum atomic E-state index is 14.5. The number of rotatable bonds is 7. The average Bonchev–Trinajstić information content (AvgIpc) is 3.18. The van der Waals surface area contributed by atoms with E-state index in [4.69, 9.17) is 0 Å². The highest BCUT2D eigenvalue weighted by Gasteiger charge is 2.23. The molecule has 1 N–H and O–H groups in total. The zero-order chi connectivity index (χ0) is 22.5. The standard InChI is InChI=1S/C24H20F2N4OS/c1-16(23(31)27-21-14-8-7-13-20(21)26)32-24-29-28-22(18-11-5-6-12-19(18)25)30(24)15-17-9-3-2-4-10-17/h2-14,16H,15H2,1H3,(H,27,31). The minimum atomic E-state index is -0.596. The van der Waals surface area contributed by atoms with Crippen LogP contribution in [0.25, 0.3) is 11.4 Å². The molecule has 1 unspecified atom stereocenters. The Morgan fingerprint density at radius 2 is 1.59 bits per heavy atom. The molecule has 32 heavy (non-hydrogen) atoms. The first-order chi connectivity index (χ1) is 15.5. The molecule has 162 valence electrons. The summed E-state index contributed by atoms with van der Waals surface area (Å²) in [7, 11) is 0. The second-order valence-corrected chi connectivity index (χ2v) is 8.39. The van der Waals surface area contributed by atoms with Gasteiger partial charge in [-0.3, -0.25) is 9.36 Å². The first-order valence-electron chi connectivity index (χ1n) is 9.97. The van der Waals surface area contributed by atoms with Gasteiger partial charge in [0, 0.05) is 0 Å². The molecule has 4 aromatic rings. The lowest BCUT2D eigenvalue weighted by Gasteiger charge is -2.14. The largest absolute Gasteiger partial charge is 0.323 e.